The summed E-state index contributed by atoms with van der Waals surface area (Å²) in [7, 11) is 0. The molecule has 1 amide bonds. The monoisotopic (exact) mass is 487 g/mol. The van der Waals surface area contributed by atoms with Gasteiger partial charge >= 0.3 is 6.18 Å². The topological polar surface area (TPSA) is 126 Å². The van der Waals surface area contributed by atoms with E-state index in [1.807, 2.05) is 0 Å². The van der Waals surface area contributed by atoms with Crippen LogP contribution in [0.2, 0.25) is 0 Å². The van der Waals surface area contributed by atoms with Gasteiger partial charge < -0.3 is 20.1 Å². The summed E-state index contributed by atoms with van der Waals surface area (Å²) < 4.78 is 47.6. The molecule has 3 N–H and O–H groups in total. The van der Waals surface area contributed by atoms with E-state index < -0.39 is 30.0 Å². The van der Waals surface area contributed by atoms with Crippen LogP contribution < -0.4 is 5.32 Å². The van der Waals surface area contributed by atoms with Gasteiger partial charge in [-0.1, -0.05) is 47.6 Å². The number of halogens is 3. The fourth-order valence-electron chi connectivity index (χ4n) is 3.30. The molecule has 0 aliphatic carbocycles. The van der Waals surface area contributed by atoms with Crippen LogP contribution in [0, 0.1) is 0 Å². The van der Waals surface area contributed by atoms with E-state index >= 15 is 0 Å². The van der Waals surface area contributed by atoms with Crippen LogP contribution in [0.25, 0.3) is 28.5 Å². The smallest absolute Gasteiger partial charge is 0.392 e. The van der Waals surface area contributed by atoms with Gasteiger partial charge in [0.25, 0.3) is 11.8 Å². The highest BCUT2D eigenvalue weighted by atomic mass is 19.4. The molecule has 0 radical (unpaired) electrons. The maximum Gasteiger partial charge on any atom is 0.434 e. The zero-order valence-electron chi connectivity index (χ0n) is 18.3. The quantitative estimate of drug-likeness (QED) is 0.366. The van der Waals surface area contributed by atoms with Gasteiger partial charge in [-0.05, 0) is 24.6 Å². The fourth-order valence-corrected chi connectivity index (χ4v) is 3.30. The normalized spacial score (nSPS) is 13.4. The maximum atomic E-state index is 13.9. The highest BCUT2D eigenvalue weighted by molar-refractivity contribution is 5.82. The number of aliphatic hydroxyl groups excluding tert-OH is 2. The Bertz CT molecular complexity index is 1300. The molecule has 0 saturated carbocycles. The Hall–Kier alpha value is -4.03. The molecule has 2 unspecified atom stereocenters. The average Bonchev–Trinajstić information content (AvgIpc) is 3.50. The molecule has 0 aliphatic rings. The molecule has 12 heteroatoms. The molecule has 0 bridgehead atoms. The summed E-state index contributed by atoms with van der Waals surface area (Å²) in [4.78, 5) is 16.1. The molecule has 9 nitrogen and oxygen atoms in total. The number of hydrogen-bond acceptors (Lipinski definition) is 7. The van der Waals surface area contributed by atoms with Gasteiger partial charge in [-0.15, -0.1) is 0 Å². The number of carbonyl (C=O) groups excluding carboxylic acids is 1. The van der Waals surface area contributed by atoms with Gasteiger partial charge in [-0.3, -0.25) is 4.79 Å². The first-order chi connectivity index (χ1) is 16.6. The van der Waals surface area contributed by atoms with Crippen LogP contribution in [0.15, 0.2) is 65.3 Å². The summed E-state index contributed by atoms with van der Waals surface area (Å²) in [5, 5.41) is 29.4. The molecular formula is C23H20F3N5O4. The average molecular weight is 487 g/mol. The van der Waals surface area contributed by atoms with Crippen molar-refractivity contribution in [2.24, 2.45) is 0 Å². The van der Waals surface area contributed by atoms with Gasteiger partial charge in [-0.25, -0.2) is 4.68 Å². The highest BCUT2D eigenvalue weighted by Crippen LogP contribution is 2.38. The molecule has 2 atom stereocenters. The molecule has 4 aromatic rings. The molecule has 182 valence electrons. The van der Waals surface area contributed by atoms with Crippen molar-refractivity contribution in [2.75, 3.05) is 6.54 Å². The van der Waals surface area contributed by atoms with Crippen LogP contribution in [0.3, 0.4) is 0 Å². The number of benzene rings is 2. The third-order valence-electron chi connectivity index (χ3n) is 5.00. The zero-order chi connectivity index (χ0) is 25.2. The maximum absolute atomic E-state index is 13.9. The number of nitrogens with one attached hydrogen (secondary N) is 1. The predicted molar refractivity (Wildman–Crippen MR) is 117 cm³/mol. The largest absolute Gasteiger partial charge is 0.434 e. The van der Waals surface area contributed by atoms with Gasteiger partial charge in [0.15, 0.2) is 11.8 Å². The fraction of sp³-hybridized carbons (Fsp3) is 0.217. The molecular weight excluding hydrogens is 467 g/mol. The van der Waals surface area contributed by atoms with Crippen molar-refractivity contribution in [3.8, 4) is 28.5 Å². The van der Waals surface area contributed by atoms with E-state index in [9.17, 15) is 28.2 Å². The molecule has 4 rings (SSSR count). The molecule has 2 aromatic heterocycles. The number of para-hydroxylation sites is 1. The molecule has 2 aromatic carbocycles. The van der Waals surface area contributed by atoms with Crippen molar-refractivity contribution in [3.63, 3.8) is 0 Å². The Kier molecular flexibility index (Phi) is 6.67. The number of nitrogens with zero attached hydrogens (tertiary/aromatic N) is 4. The zero-order valence-corrected chi connectivity index (χ0v) is 18.3. The molecule has 0 fully saturated rings. The predicted octanol–water partition coefficient (Wildman–Crippen LogP) is 3.14. The second kappa shape index (κ2) is 9.68. The summed E-state index contributed by atoms with van der Waals surface area (Å²) in [5.41, 5.74) is -0.548. The van der Waals surface area contributed by atoms with E-state index in [1.165, 1.54) is 43.3 Å². The third-order valence-corrected chi connectivity index (χ3v) is 5.00. The number of aromatic nitrogens is 4. The lowest BCUT2D eigenvalue weighted by molar-refractivity contribution is -0.142. The lowest BCUT2D eigenvalue weighted by Gasteiger charge is -2.13. The van der Waals surface area contributed by atoms with Gasteiger partial charge in [0.2, 0.25) is 5.82 Å². The Morgan fingerprint density at radius 3 is 2.43 bits per heavy atom. The van der Waals surface area contributed by atoms with Crippen LogP contribution in [-0.2, 0) is 11.0 Å². The molecule has 35 heavy (non-hydrogen) atoms. The van der Waals surface area contributed by atoms with E-state index in [4.69, 9.17) is 4.52 Å². The number of rotatable bonds is 7. The van der Waals surface area contributed by atoms with Crippen molar-refractivity contribution in [1.82, 2.24) is 25.2 Å². The first-order valence-electron chi connectivity index (χ1n) is 10.4. The number of aliphatic hydroxyl groups is 2. The lowest BCUT2D eigenvalue weighted by atomic mass is 10.1. The highest BCUT2D eigenvalue weighted by Gasteiger charge is 2.40. The van der Waals surface area contributed by atoms with E-state index in [0.717, 1.165) is 10.9 Å². The minimum absolute atomic E-state index is 0.0135. The summed E-state index contributed by atoms with van der Waals surface area (Å²) in [6.07, 6.45) is -5.97. The van der Waals surface area contributed by atoms with Crippen LogP contribution >= 0.6 is 0 Å². The second-order valence-electron chi connectivity index (χ2n) is 7.69. The molecule has 0 aliphatic heterocycles. The van der Waals surface area contributed by atoms with Gasteiger partial charge in [0.1, 0.15) is 0 Å². The number of amides is 1. The van der Waals surface area contributed by atoms with Crippen molar-refractivity contribution in [1.29, 1.82) is 0 Å². The van der Waals surface area contributed by atoms with E-state index in [1.54, 1.807) is 18.2 Å². The van der Waals surface area contributed by atoms with Crippen LogP contribution in [0.1, 0.15) is 24.3 Å². The minimum Gasteiger partial charge on any atom is -0.392 e. The summed E-state index contributed by atoms with van der Waals surface area (Å²) in [6, 6.07) is 13.7. The van der Waals surface area contributed by atoms with Crippen molar-refractivity contribution in [2.45, 2.75) is 25.3 Å². The van der Waals surface area contributed by atoms with Crippen molar-refractivity contribution in [3.05, 3.63) is 72.1 Å². The SMILES string of the molecule is CC(O)CNC(=O)C(O)c1ccc(-c2noc(-c3cnn(-c4ccccc4)c3C(F)(F)F)n2)cc1. The number of alkyl halides is 3. The van der Waals surface area contributed by atoms with Gasteiger partial charge in [0.05, 0.1) is 23.6 Å². The number of carbonyl (C=O) groups is 1. The van der Waals surface area contributed by atoms with Gasteiger partial charge in [-0.2, -0.15) is 23.3 Å². The lowest BCUT2D eigenvalue weighted by Crippen LogP contribution is -2.34. The molecule has 0 saturated heterocycles. The van der Waals surface area contributed by atoms with E-state index in [0.29, 0.717) is 5.56 Å². The molecule has 0 spiro atoms. The van der Waals surface area contributed by atoms with Crippen molar-refractivity contribution >= 4 is 5.91 Å². The number of hydrogen-bond donors (Lipinski definition) is 3. The van der Waals surface area contributed by atoms with E-state index in [-0.39, 0.29) is 35.1 Å². The van der Waals surface area contributed by atoms with Gasteiger partial charge in [0, 0.05) is 12.1 Å². The Morgan fingerprint density at radius 1 is 1.11 bits per heavy atom. The first-order valence-corrected chi connectivity index (χ1v) is 10.4. The summed E-state index contributed by atoms with van der Waals surface area (Å²) in [6.45, 7) is 1.48. The Balaban J connectivity index is 1.60. The van der Waals surface area contributed by atoms with Crippen molar-refractivity contribution < 1.29 is 32.7 Å². The third kappa shape index (κ3) is 5.23. The van der Waals surface area contributed by atoms with E-state index in [2.05, 4.69) is 20.6 Å². The van der Waals surface area contributed by atoms with Crippen LogP contribution in [0.4, 0.5) is 13.2 Å². The first kappa shape index (κ1) is 24.1. The Labute approximate surface area is 196 Å². The molecule has 2 heterocycles. The minimum atomic E-state index is -4.75. The van der Waals surface area contributed by atoms with Crippen LogP contribution in [-0.4, -0.2) is 48.7 Å². The summed E-state index contributed by atoms with van der Waals surface area (Å²) >= 11 is 0. The second-order valence-corrected chi connectivity index (χ2v) is 7.69. The Morgan fingerprint density at radius 2 is 1.80 bits per heavy atom. The summed E-state index contributed by atoms with van der Waals surface area (Å²) in [5.74, 6) is -1.04. The standard InChI is InChI=1S/C23H20F3N5O4/c1-13(32)11-27-21(34)18(33)14-7-9-15(10-8-14)20-29-22(35-30-20)17-12-28-31(19(17)23(24,25)26)16-5-3-2-4-6-16/h2-10,12-13,18,32-33H,11H2,1H3,(H,27,34). The van der Waals surface area contributed by atoms with Crippen LogP contribution in [0.5, 0.6) is 0 Å².